The SMILES string of the molecule is Cc1ccc(-c2ccc(P(c3ccccc3)c3ccccc3)cc2)c(-c2nc3ccccc3n2C)c1. The van der Waals surface area contributed by atoms with E-state index in [-0.39, 0.29) is 0 Å². The maximum atomic E-state index is 5.00. The lowest BCUT2D eigenvalue weighted by Gasteiger charge is -2.20. The molecule has 0 atom stereocenters. The number of imidazole rings is 1. The second-order valence-electron chi connectivity index (χ2n) is 9.09. The molecule has 0 N–H and O–H groups in total. The summed E-state index contributed by atoms with van der Waals surface area (Å²) in [6.45, 7) is 2.14. The summed E-state index contributed by atoms with van der Waals surface area (Å²) in [5.74, 6) is 0.995. The van der Waals surface area contributed by atoms with E-state index in [0.29, 0.717) is 0 Å². The van der Waals surface area contributed by atoms with E-state index in [0.717, 1.165) is 22.4 Å². The largest absolute Gasteiger partial charge is 0.327 e. The van der Waals surface area contributed by atoms with Gasteiger partial charge in [-0.3, -0.25) is 0 Å². The molecular formula is C33H27N2P. The van der Waals surface area contributed by atoms with Crippen LogP contribution in [0.5, 0.6) is 0 Å². The number of nitrogens with zero attached hydrogens (tertiary/aromatic N) is 2. The second kappa shape index (κ2) is 9.57. The summed E-state index contributed by atoms with van der Waals surface area (Å²) in [6.07, 6.45) is 0. The Morgan fingerprint density at radius 3 is 1.81 bits per heavy atom. The van der Waals surface area contributed by atoms with Crippen LogP contribution in [0, 0.1) is 6.92 Å². The molecule has 0 saturated carbocycles. The number of hydrogen-bond acceptors (Lipinski definition) is 1. The summed E-state index contributed by atoms with van der Waals surface area (Å²) in [7, 11) is 1.48. The van der Waals surface area contributed by atoms with Gasteiger partial charge in [-0.05, 0) is 60.1 Å². The van der Waals surface area contributed by atoms with Gasteiger partial charge in [0.1, 0.15) is 5.82 Å². The zero-order valence-corrected chi connectivity index (χ0v) is 21.4. The number of benzene rings is 5. The fourth-order valence-electron chi connectivity index (χ4n) is 4.87. The van der Waals surface area contributed by atoms with Crippen LogP contribution in [0.15, 0.2) is 127 Å². The van der Waals surface area contributed by atoms with Crippen LogP contribution < -0.4 is 15.9 Å². The van der Waals surface area contributed by atoms with E-state index in [2.05, 4.69) is 140 Å². The van der Waals surface area contributed by atoms with Crippen molar-refractivity contribution in [1.29, 1.82) is 0 Å². The first kappa shape index (κ1) is 22.5. The van der Waals surface area contributed by atoms with Crippen molar-refractivity contribution in [3.8, 4) is 22.5 Å². The molecule has 5 aromatic carbocycles. The van der Waals surface area contributed by atoms with Crippen LogP contribution in [0.3, 0.4) is 0 Å². The molecule has 0 aliphatic carbocycles. The molecule has 6 aromatic rings. The highest BCUT2D eigenvalue weighted by Gasteiger charge is 2.18. The van der Waals surface area contributed by atoms with E-state index < -0.39 is 7.92 Å². The maximum Gasteiger partial charge on any atom is 0.141 e. The third kappa shape index (κ3) is 4.15. The van der Waals surface area contributed by atoms with Crippen LogP contribution in [-0.2, 0) is 7.05 Å². The van der Waals surface area contributed by atoms with Crippen molar-refractivity contribution < 1.29 is 0 Å². The average Bonchev–Trinajstić information content (AvgIpc) is 3.27. The highest BCUT2D eigenvalue weighted by molar-refractivity contribution is 7.79. The monoisotopic (exact) mass is 482 g/mol. The normalized spacial score (nSPS) is 11.3. The third-order valence-corrected chi connectivity index (χ3v) is 9.11. The second-order valence-corrected chi connectivity index (χ2v) is 11.3. The summed E-state index contributed by atoms with van der Waals surface area (Å²) in [4.78, 5) is 5.00. The lowest BCUT2D eigenvalue weighted by Crippen LogP contribution is -2.20. The quantitative estimate of drug-likeness (QED) is 0.243. The lowest BCUT2D eigenvalue weighted by atomic mass is 9.97. The van der Waals surface area contributed by atoms with E-state index in [4.69, 9.17) is 4.98 Å². The van der Waals surface area contributed by atoms with Gasteiger partial charge < -0.3 is 4.57 Å². The third-order valence-electron chi connectivity index (χ3n) is 6.67. The molecule has 3 heteroatoms. The number of aromatic nitrogens is 2. The molecule has 0 aliphatic rings. The average molecular weight is 483 g/mol. The van der Waals surface area contributed by atoms with E-state index in [1.54, 1.807) is 0 Å². The molecule has 2 nitrogen and oxygen atoms in total. The van der Waals surface area contributed by atoms with Gasteiger partial charge in [-0.1, -0.05) is 115 Å². The number of aryl methyl sites for hydroxylation is 2. The van der Waals surface area contributed by atoms with E-state index >= 15 is 0 Å². The van der Waals surface area contributed by atoms with Crippen LogP contribution in [-0.4, -0.2) is 9.55 Å². The van der Waals surface area contributed by atoms with Crippen LogP contribution in [0.2, 0.25) is 0 Å². The van der Waals surface area contributed by atoms with Crippen molar-refractivity contribution in [2.45, 2.75) is 6.92 Å². The van der Waals surface area contributed by atoms with Gasteiger partial charge in [0.2, 0.25) is 0 Å². The first-order valence-corrected chi connectivity index (χ1v) is 13.6. The van der Waals surface area contributed by atoms with E-state index in [1.807, 2.05) is 6.07 Å². The molecule has 0 fully saturated rings. The Morgan fingerprint density at radius 2 is 1.17 bits per heavy atom. The van der Waals surface area contributed by atoms with Gasteiger partial charge >= 0.3 is 0 Å². The fourth-order valence-corrected chi connectivity index (χ4v) is 7.15. The lowest BCUT2D eigenvalue weighted by molar-refractivity contribution is 0.959. The predicted molar refractivity (Wildman–Crippen MR) is 155 cm³/mol. The fraction of sp³-hybridized carbons (Fsp3) is 0.0606. The van der Waals surface area contributed by atoms with Gasteiger partial charge in [0.25, 0.3) is 0 Å². The molecule has 0 radical (unpaired) electrons. The Hall–Kier alpha value is -4.00. The number of fused-ring (bicyclic) bond motifs is 1. The van der Waals surface area contributed by atoms with Gasteiger partial charge in [-0.25, -0.2) is 4.98 Å². The molecule has 1 heterocycles. The van der Waals surface area contributed by atoms with Gasteiger partial charge in [0.15, 0.2) is 0 Å². The molecule has 0 saturated heterocycles. The van der Waals surface area contributed by atoms with Crippen LogP contribution in [0.25, 0.3) is 33.5 Å². The Morgan fingerprint density at radius 1 is 0.583 bits per heavy atom. The minimum Gasteiger partial charge on any atom is -0.327 e. The molecular weight excluding hydrogens is 455 g/mol. The van der Waals surface area contributed by atoms with Crippen molar-refractivity contribution in [1.82, 2.24) is 9.55 Å². The number of rotatable bonds is 5. The standard InChI is InChI=1S/C33H27N2P/c1-24-17-22-29(30(23-24)33-34-31-15-9-10-16-32(31)35(33)2)25-18-20-28(21-19-25)36(26-11-5-3-6-12-26)27-13-7-4-8-14-27/h3-23H,1-2H3. The molecule has 0 amide bonds. The first-order chi connectivity index (χ1) is 17.7. The minimum absolute atomic E-state index is 0.619. The van der Waals surface area contributed by atoms with Crippen LogP contribution >= 0.6 is 7.92 Å². The maximum absolute atomic E-state index is 5.00. The molecule has 36 heavy (non-hydrogen) atoms. The van der Waals surface area contributed by atoms with Gasteiger partial charge in [0.05, 0.1) is 11.0 Å². The van der Waals surface area contributed by atoms with Crippen LogP contribution in [0.4, 0.5) is 0 Å². The molecule has 1 aromatic heterocycles. The molecule has 6 rings (SSSR count). The smallest absolute Gasteiger partial charge is 0.141 e. The zero-order valence-electron chi connectivity index (χ0n) is 20.5. The molecule has 0 unspecified atom stereocenters. The molecule has 0 bridgehead atoms. The van der Waals surface area contributed by atoms with Crippen molar-refractivity contribution in [2.75, 3.05) is 0 Å². The highest BCUT2D eigenvalue weighted by atomic mass is 31.1. The van der Waals surface area contributed by atoms with Gasteiger partial charge in [-0.2, -0.15) is 0 Å². The summed E-state index contributed by atoms with van der Waals surface area (Å²) in [6, 6.07) is 45.9. The Balaban J connectivity index is 1.45. The topological polar surface area (TPSA) is 17.8 Å². The van der Waals surface area contributed by atoms with Gasteiger partial charge in [-0.15, -0.1) is 0 Å². The number of para-hydroxylation sites is 2. The summed E-state index contributed by atoms with van der Waals surface area (Å²) < 4.78 is 2.20. The zero-order chi connectivity index (χ0) is 24.5. The Kier molecular flexibility index (Phi) is 5.97. The van der Waals surface area contributed by atoms with E-state index in [9.17, 15) is 0 Å². The highest BCUT2D eigenvalue weighted by Crippen LogP contribution is 2.36. The summed E-state index contributed by atoms with van der Waals surface area (Å²) in [5, 5.41) is 4.08. The minimum atomic E-state index is -0.619. The molecule has 174 valence electrons. The van der Waals surface area contributed by atoms with Crippen molar-refractivity contribution >= 4 is 34.9 Å². The molecule has 0 spiro atoms. The first-order valence-electron chi connectivity index (χ1n) is 12.2. The Bertz CT molecular complexity index is 1600. The van der Waals surface area contributed by atoms with Crippen molar-refractivity contribution in [3.63, 3.8) is 0 Å². The Labute approximate surface area is 213 Å². The van der Waals surface area contributed by atoms with Gasteiger partial charge in [0, 0.05) is 12.6 Å². The van der Waals surface area contributed by atoms with Crippen molar-refractivity contribution in [2.24, 2.45) is 7.05 Å². The predicted octanol–water partition coefficient (Wildman–Crippen LogP) is 6.97. The summed E-state index contributed by atoms with van der Waals surface area (Å²) in [5.41, 5.74) is 6.97. The van der Waals surface area contributed by atoms with E-state index in [1.165, 1.54) is 32.6 Å². The summed E-state index contributed by atoms with van der Waals surface area (Å²) >= 11 is 0. The molecule has 0 aliphatic heterocycles. The van der Waals surface area contributed by atoms with Crippen molar-refractivity contribution in [3.05, 3.63) is 133 Å². The van der Waals surface area contributed by atoms with Crippen LogP contribution in [0.1, 0.15) is 5.56 Å². The number of hydrogen-bond donors (Lipinski definition) is 0.